The van der Waals surface area contributed by atoms with Gasteiger partial charge in [0.1, 0.15) is 5.15 Å². The number of hydrogen-bond acceptors (Lipinski definition) is 7. The number of aryl methyl sites for hydroxylation is 1. The number of anilines is 1. The van der Waals surface area contributed by atoms with Crippen LogP contribution in [0.3, 0.4) is 0 Å². The molecule has 1 unspecified atom stereocenters. The van der Waals surface area contributed by atoms with Crippen LogP contribution in [-0.4, -0.2) is 41.0 Å². The molecule has 1 aliphatic heterocycles. The molecule has 0 saturated heterocycles. The number of nitrogens with zero attached hydrogens (tertiary/aromatic N) is 4. The van der Waals surface area contributed by atoms with Crippen molar-refractivity contribution in [3.05, 3.63) is 86.2 Å². The van der Waals surface area contributed by atoms with Crippen LogP contribution in [0.2, 0.25) is 15.2 Å². The molecule has 0 fully saturated rings. The topological polar surface area (TPSA) is 94.0 Å². The lowest BCUT2D eigenvalue weighted by atomic mass is 9.86. The van der Waals surface area contributed by atoms with Gasteiger partial charge in [0.15, 0.2) is 5.82 Å². The summed E-state index contributed by atoms with van der Waals surface area (Å²) in [5.74, 6) is -0.946. The molecule has 1 aliphatic rings. The van der Waals surface area contributed by atoms with Gasteiger partial charge in [-0.1, -0.05) is 46.0 Å². The van der Waals surface area contributed by atoms with Gasteiger partial charge in [-0.05, 0) is 48.4 Å². The molecular formula is C24H16Cl3F3N4O4. The lowest BCUT2D eigenvalue weighted by Crippen LogP contribution is -2.42. The minimum Gasteiger partial charge on any atom is -0.452 e. The normalized spacial score (nSPS) is 17.0. The molecule has 0 N–H and O–H groups in total. The van der Waals surface area contributed by atoms with E-state index in [9.17, 15) is 22.8 Å². The molecule has 2 amide bonds. The van der Waals surface area contributed by atoms with E-state index in [4.69, 9.17) is 44.4 Å². The predicted molar refractivity (Wildman–Crippen MR) is 134 cm³/mol. The highest BCUT2D eigenvalue weighted by molar-refractivity contribution is 6.34. The van der Waals surface area contributed by atoms with E-state index >= 15 is 0 Å². The average molecular weight is 588 g/mol. The summed E-state index contributed by atoms with van der Waals surface area (Å²) in [5, 5.41) is 3.78. The van der Waals surface area contributed by atoms with Gasteiger partial charge in [-0.3, -0.25) is 4.79 Å². The lowest BCUT2D eigenvalue weighted by molar-refractivity contribution is -0.275. The predicted octanol–water partition coefficient (Wildman–Crippen LogP) is 6.74. The van der Waals surface area contributed by atoms with Crippen molar-refractivity contribution < 1.29 is 32.3 Å². The third kappa shape index (κ3) is 5.13. The highest BCUT2D eigenvalue weighted by Gasteiger charge is 2.62. The van der Waals surface area contributed by atoms with Gasteiger partial charge < -0.3 is 9.57 Å². The fourth-order valence-corrected chi connectivity index (χ4v) is 4.47. The molecule has 0 saturated carbocycles. The Labute approximate surface area is 228 Å². The molecule has 14 heteroatoms. The number of imide groups is 1. The molecule has 3 aromatic rings. The van der Waals surface area contributed by atoms with Crippen LogP contribution in [0.1, 0.15) is 33.5 Å². The molecule has 2 heterocycles. The summed E-state index contributed by atoms with van der Waals surface area (Å²) in [7, 11) is 1.08. The van der Waals surface area contributed by atoms with Crippen LogP contribution in [0.4, 0.5) is 23.8 Å². The number of amides is 2. The highest BCUT2D eigenvalue weighted by Crippen LogP contribution is 2.49. The fourth-order valence-electron chi connectivity index (χ4n) is 3.84. The van der Waals surface area contributed by atoms with E-state index in [-0.39, 0.29) is 43.4 Å². The number of carbonyl (C=O) groups is 2. The van der Waals surface area contributed by atoms with Crippen molar-refractivity contribution in [3.63, 3.8) is 0 Å². The molecular weight excluding hydrogens is 572 g/mol. The summed E-state index contributed by atoms with van der Waals surface area (Å²) in [4.78, 5) is 39.1. The van der Waals surface area contributed by atoms with Crippen LogP contribution < -0.4 is 4.90 Å². The molecule has 198 valence electrons. The first-order chi connectivity index (χ1) is 17.9. The van der Waals surface area contributed by atoms with E-state index in [2.05, 4.69) is 15.1 Å². The zero-order chi connectivity index (χ0) is 27.8. The van der Waals surface area contributed by atoms with Crippen molar-refractivity contribution in [2.75, 3.05) is 12.0 Å². The van der Waals surface area contributed by atoms with Gasteiger partial charge in [0.25, 0.3) is 11.5 Å². The first-order valence-corrected chi connectivity index (χ1v) is 11.8. The summed E-state index contributed by atoms with van der Waals surface area (Å²) in [6.45, 7) is 1.55. The van der Waals surface area contributed by atoms with E-state index in [0.717, 1.165) is 31.6 Å². The maximum Gasteiger partial charge on any atom is 0.435 e. The first kappa shape index (κ1) is 27.6. The summed E-state index contributed by atoms with van der Waals surface area (Å²) in [5.41, 5.74) is -2.47. The van der Waals surface area contributed by atoms with E-state index < -0.39 is 30.2 Å². The largest absolute Gasteiger partial charge is 0.452 e. The minimum absolute atomic E-state index is 0.00687. The Kier molecular flexibility index (Phi) is 7.55. The number of hydrogen-bond donors (Lipinski definition) is 0. The van der Waals surface area contributed by atoms with Crippen molar-refractivity contribution in [1.29, 1.82) is 0 Å². The van der Waals surface area contributed by atoms with Crippen LogP contribution in [0.25, 0.3) is 0 Å². The van der Waals surface area contributed by atoms with E-state index in [1.54, 1.807) is 6.92 Å². The number of benzene rings is 2. The zero-order valence-electron chi connectivity index (χ0n) is 19.5. The number of halogens is 6. The Morgan fingerprint density at radius 3 is 2.29 bits per heavy atom. The van der Waals surface area contributed by atoms with Gasteiger partial charge >= 0.3 is 12.3 Å². The second-order valence-corrected chi connectivity index (χ2v) is 9.39. The molecule has 0 radical (unpaired) electrons. The quantitative estimate of drug-likeness (QED) is 0.336. The smallest absolute Gasteiger partial charge is 0.435 e. The van der Waals surface area contributed by atoms with Crippen LogP contribution in [0.5, 0.6) is 0 Å². The van der Waals surface area contributed by atoms with Crippen LogP contribution >= 0.6 is 34.8 Å². The third-order valence-electron chi connectivity index (χ3n) is 5.70. The molecule has 0 aliphatic carbocycles. The Morgan fingerprint density at radius 1 is 1.05 bits per heavy atom. The van der Waals surface area contributed by atoms with Gasteiger partial charge in [-0.15, -0.1) is 0 Å². The standard InChI is InChI=1S/C24H16Cl3F3N4O4/c1-12-5-13(3-4-17(12)21(35)34(22(36)37-2)20-11-31-19(27)10-32-20)18-9-23(38-33-18,24(28,29)30)14-6-15(25)8-16(26)7-14/h3-8,10-11H,9H2,1-2H3. The van der Waals surface area contributed by atoms with Crippen molar-refractivity contribution in [3.8, 4) is 0 Å². The number of aromatic nitrogens is 2. The lowest BCUT2D eigenvalue weighted by Gasteiger charge is -2.29. The maximum absolute atomic E-state index is 14.3. The van der Waals surface area contributed by atoms with E-state index in [0.29, 0.717) is 10.5 Å². The van der Waals surface area contributed by atoms with Crippen LogP contribution in [0.15, 0.2) is 53.9 Å². The average Bonchev–Trinajstić information content (AvgIpc) is 3.32. The molecule has 0 bridgehead atoms. The monoisotopic (exact) mass is 586 g/mol. The zero-order valence-corrected chi connectivity index (χ0v) is 21.8. The summed E-state index contributed by atoms with van der Waals surface area (Å²) in [6.07, 6.45) is -4.30. The minimum atomic E-state index is -4.86. The van der Waals surface area contributed by atoms with Gasteiger partial charge in [0, 0.05) is 27.6 Å². The number of alkyl halides is 3. The Bertz CT molecular complexity index is 1430. The molecule has 38 heavy (non-hydrogen) atoms. The second-order valence-electron chi connectivity index (χ2n) is 8.13. The van der Waals surface area contributed by atoms with Gasteiger partial charge in [-0.25, -0.2) is 14.8 Å². The van der Waals surface area contributed by atoms with Crippen molar-refractivity contribution in [2.45, 2.75) is 25.1 Å². The number of oxime groups is 1. The SMILES string of the molecule is COC(=O)N(C(=O)c1ccc(C2=NOC(c3cc(Cl)cc(Cl)c3)(C(F)(F)F)C2)cc1C)c1cnc(Cl)cn1. The maximum atomic E-state index is 14.3. The summed E-state index contributed by atoms with van der Waals surface area (Å²) < 4.78 is 47.6. The number of methoxy groups -OCH3 is 1. The van der Waals surface area contributed by atoms with E-state index in [1.807, 2.05) is 0 Å². The second kappa shape index (κ2) is 10.4. The van der Waals surface area contributed by atoms with Gasteiger partial charge in [0.05, 0.1) is 25.2 Å². The van der Waals surface area contributed by atoms with Crippen molar-refractivity contribution in [1.82, 2.24) is 9.97 Å². The van der Waals surface area contributed by atoms with Crippen LogP contribution in [-0.2, 0) is 15.2 Å². The number of ether oxygens (including phenoxy) is 1. The Morgan fingerprint density at radius 2 is 1.74 bits per heavy atom. The number of rotatable bonds is 4. The van der Waals surface area contributed by atoms with Gasteiger partial charge in [-0.2, -0.15) is 18.1 Å². The first-order valence-electron chi connectivity index (χ1n) is 10.7. The highest BCUT2D eigenvalue weighted by atomic mass is 35.5. The van der Waals surface area contributed by atoms with Crippen molar-refractivity contribution >= 4 is 58.3 Å². The fraction of sp³-hybridized carbons (Fsp3) is 0.208. The third-order valence-corrected chi connectivity index (χ3v) is 6.33. The van der Waals surface area contributed by atoms with Gasteiger partial charge in [0.2, 0.25) is 0 Å². The Hall–Kier alpha value is -3.41. The molecule has 2 aromatic carbocycles. The van der Waals surface area contributed by atoms with E-state index in [1.165, 1.54) is 24.3 Å². The molecule has 0 spiro atoms. The molecule has 4 rings (SSSR count). The Balaban J connectivity index is 1.66. The summed E-state index contributed by atoms with van der Waals surface area (Å²) in [6, 6.07) is 7.73. The molecule has 1 aromatic heterocycles. The summed E-state index contributed by atoms with van der Waals surface area (Å²) >= 11 is 17.6. The van der Waals surface area contributed by atoms with Crippen molar-refractivity contribution in [2.24, 2.45) is 5.16 Å². The van der Waals surface area contributed by atoms with Crippen LogP contribution in [0, 0.1) is 6.92 Å². The molecule has 1 atom stereocenters. The molecule has 8 nitrogen and oxygen atoms in total. The number of carbonyl (C=O) groups excluding carboxylic acids is 2.